The Balaban J connectivity index is 2.06. The van der Waals surface area contributed by atoms with Crippen molar-refractivity contribution in [2.75, 3.05) is 0 Å². The number of halogens is 1. The van der Waals surface area contributed by atoms with Crippen LogP contribution in [0.3, 0.4) is 0 Å². The third-order valence-electron chi connectivity index (χ3n) is 1.91. The van der Waals surface area contributed by atoms with Crippen LogP contribution in [-0.2, 0) is 6.42 Å². The number of rotatable bonds is 3. The molecule has 0 bridgehead atoms. The number of nitrogens with zero attached hydrogens (tertiary/aromatic N) is 3. The molecule has 15 heavy (non-hydrogen) atoms. The summed E-state index contributed by atoms with van der Waals surface area (Å²) < 4.78 is 8.74. The van der Waals surface area contributed by atoms with Crippen molar-refractivity contribution in [2.45, 2.75) is 12.5 Å². The zero-order chi connectivity index (χ0) is 10.7. The minimum absolute atomic E-state index is 0.457. The van der Waals surface area contributed by atoms with Crippen molar-refractivity contribution in [3.63, 3.8) is 0 Å². The van der Waals surface area contributed by atoms with E-state index in [0.717, 1.165) is 21.9 Å². The van der Waals surface area contributed by atoms with Gasteiger partial charge in [-0.2, -0.15) is 8.75 Å². The lowest BCUT2D eigenvalue weighted by molar-refractivity contribution is 0.173. The van der Waals surface area contributed by atoms with Gasteiger partial charge in [0, 0.05) is 22.8 Å². The summed E-state index contributed by atoms with van der Waals surface area (Å²) in [5.74, 6) is 0. The Morgan fingerprint density at radius 3 is 2.87 bits per heavy atom. The van der Waals surface area contributed by atoms with Crippen LogP contribution >= 0.6 is 27.7 Å². The van der Waals surface area contributed by atoms with E-state index in [1.165, 1.54) is 0 Å². The van der Waals surface area contributed by atoms with Gasteiger partial charge in [0.25, 0.3) is 0 Å². The van der Waals surface area contributed by atoms with Gasteiger partial charge >= 0.3 is 0 Å². The van der Waals surface area contributed by atoms with E-state index >= 15 is 0 Å². The van der Waals surface area contributed by atoms with E-state index in [1.54, 1.807) is 12.4 Å². The highest BCUT2D eigenvalue weighted by Gasteiger charge is 2.11. The normalized spacial score (nSPS) is 12.7. The minimum Gasteiger partial charge on any atom is -0.386 e. The molecule has 2 heterocycles. The maximum absolute atomic E-state index is 9.78. The van der Waals surface area contributed by atoms with Gasteiger partial charge < -0.3 is 5.11 Å². The molecule has 0 aliphatic carbocycles. The molecule has 0 saturated carbocycles. The van der Waals surface area contributed by atoms with Crippen molar-refractivity contribution in [3.8, 4) is 0 Å². The first-order chi connectivity index (χ1) is 7.25. The van der Waals surface area contributed by atoms with Crippen LogP contribution in [0.25, 0.3) is 0 Å². The second-order valence-corrected chi connectivity index (χ2v) is 4.49. The van der Waals surface area contributed by atoms with E-state index < -0.39 is 6.10 Å². The van der Waals surface area contributed by atoms with Crippen LogP contribution in [0.1, 0.15) is 17.5 Å². The molecule has 1 unspecified atom stereocenters. The summed E-state index contributed by atoms with van der Waals surface area (Å²) in [6.45, 7) is 0. The third-order valence-corrected chi connectivity index (χ3v) is 2.87. The molecule has 0 aliphatic rings. The molecular weight excluding hydrogens is 278 g/mol. The second-order valence-electron chi connectivity index (χ2n) is 3.02. The first kappa shape index (κ1) is 10.7. The van der Waals surface area contributed by atoms with E-state index in [0.29, 0.717) is 12.1 Å². The first-order valence-corrected chi connectivity index (χ1v) is 5.84. The fourth-order valence-corrected chi connectivity index (χ4v) is 1.85. The highest BCUT2D eigenvalue weighted by atomic mass is 79.9. The van der Waals surface area contributed by atoms with Gasteiger partial charge in [0.2, 0.25) is 0 Å². The van der Waals surface area contributed by atoms with Gasteiger partial charge in [-0.15, -0.1) is 0 Å². The molecule has 2 rings (SSSR count). The minimum atomic E-state index is -0.627. The summed E-state index contributed by atoms with van der Waals surface area (Å²) in [5.41, 5.74) is 1.43. The number of hydrogen-bond donors (Lipinski definition) is 1. The molecule has 0 aromatic carbocycles. The van der Waals surface area contributed by atoms with Crippen molar-refractivity contribution in [1.82, 2.24) is 13.7 Å². The number of aliphatic hydroxyl groups excluding tert-OH is 1. The van der Waals surface area contributed by atoms with E-state index in [9.17, 15) is 5.11 Å². The third kappa shape index (κ3) is 2.80. The van der Waals surface area contributed by atoms with Gasteiger partial charge in [0.05, 0.1) is 17.9 Å². The maximum Gasteiger partial charge on any atom is 0.104 e. The number of aliphatic hydroxyl groups is 1. The Bertz CT molecular complexity index is 417. The fourth-order valence-electron chi connectivity index (χ4n) is 1.15. The molecule has 0 spiro atoms. The van der Waals surface area contributed by atoms with Crippen LogP contribution in [0.15, 0.2) is 29.0 Å². The van der Waals surface area contributed by atoms with Crippen molar-refractivity contribution in [1.29, 1.82) is 0 Å². The number of aromatic nitrogens is 3. The van der Waals surface area contributed by atoms with Crippen molar-refractivity contribution >= 4 is 27.7 Å². The van der Waals surface area contributed by atoms with Gasteiger partial charge in [-0.05, 0) is 28.1 Å². The zero-order valence-corrected chi connectivity index (χ0v) is 10.1. The Morgan fingerprint density at radius 2 is 2.27 bits per heavy atom. The topological polar surface area (TPSA) is 58.9 Å². The maximum atomic E-state index is 9.78. The number of pyridine rings is 1. The standard InChI is InChI=1S/C9H8BrN3OS/c10-6-1-2-7(11-4-6)3-9(14)8-5-12-15-13-8/h1-2,4-5,9,14H,3H2. The highest BCUT2D eigenvalue weighted by molar-refractivity contribution is 9.10. The van der Waals surface area contributed by atoms with Crippen LogP contribution in [0.2, 0.25) is 0 Å². The molecule has 0 saturated heterocycles. The summed E-state index contributed by atoms with van der Waals surface area (Å²) in [5, 5.41) is 9.78. The van der Waals surface area contributed by atoms with Crippen LogP contribution in [0.5, 0.6) is 0 Å². The lowest BCUT2D eigenvalue weighted by Crippen LogP contribution is -2.03. The Labute approximate surface area is 99.5 Å². The van der Waals surface area contributed by atoms with Gasteiger partial charge in [0.1, 0.15) is 11.8 Å². The van der Waals surface area contributed by atoms with Crippen LogP contribution in [-0.4, -0.2) is 18.8 Å². The molecule has 0 fully saturated rings. The summed E-state index contributed by atoms with van der Waals surface area (Å²) in [7, 11) is 0. The molecule has 0 amide bonds. The smallest absolute Gasteiger partial charge is 0.104 e. The summed E-state index contributed by atoms with van der Waals surface area (Å²) >= 11 is 4.40. The van der Waals surface area contributed by atoms with E-state index in [2.05, 4.69) is 29.7 Å². The zero-order valence-electron chi connectivity index (χ0n) is 7.67. The average molecular weight is 286 g/mol. The highest BCUT2D eigenvalue weighted by Crippen LogP contribution is 2.16. The number of hydrogen-bond acceptors (Lipinski definition) is 5. The fraction of sp³-hybridized carbons (Fsp3) is 0.222. The van der Waals surface area contributed by atoms with Gasteiger partial charge in [0.15, 0.2) is 0 Å². The summed E-state index contributed by atoms with van der Waals surface area (Å²) in [4.78, 5) is 4.18. The van der Waals surface area contributed by atoms with E-state index in [-0.39, 0.29) is 0 Å². The van der Waals surface area contributed by atoms with Gasteiger partial charge in [-0.25, -0.2) is 0 Å². The Morgan fingerprint density at radius 1 is 1.40 bits per heavy atom. The molecule has 2 aromatic heterocycles. The monoisotopic (exact) mass is 285 g/mol. The van der Waals surface area contributed by atoms with Gasteiger partial charge in [-0.1, -0.05) is 0 Å². The Hall–Kier alpha value is -0.850. The second kappa shape index (κ2) is 4.78. The molecule has 6 heteroatoms. The van der Waals surface area contributed by atoms with E-state index in [1.807, 2.05) is 12.1 Å². The average Bonchev–Trinajstić information content (AvgIpc) is 2.74. The lowest BCUT2D eigenvalue weighted by Gasteiger charge is -2.05. The van der Waals surface area contributed by atoms with Crippen LogP contribution in [0, 0.1) is 0 Å². The molecule has 1 atom stereocenters. The Kier molecular flexibility index (Phi) is 3.40. The van der Waals surface area contributed by atoms with Crippen LogP contribution < -0.4 is 0 Å². The molecule has 1 N–H and O–H groups in total. The molecular formula is C9H8BrN3OS. The quantitative estimate of drug-likeness (QED) is 0.937. The SMILES string of the molecule is OC(Cc1ccc(Br)cn1)c1cnsn1. The molecule has 0 aliphatic heterocycles. The van der Waals surface area contributed by atoms with Crippen molar-refractivity contribution in [2.24, 2.45) is 0 Å². The van der Waals surface area contributed by atoms with Crippen molar-refractivity contribution < 1.29 is 5.11 Å². The lowest BCUT2D eigenvalue weighted by atomic mass is 10.1. The molecule has 4 nitrogen and oxygen atoms in total. The molecule has 0 radical (unpaired) electrons. The molecule has 2 aromatic rings. The van der Waals surface area contributed by atoms with Gasteiger partial charge in [-0.3, -0.25) is 4.98 Å². The first-order valence-electron chi connectivity index (χ1n) is 4.31. The van der Waals surface area contributed by atoms with Crippen molar-refractivity contribution in [3.05, 3.63) is 40.4 Å². The summed E-state index contributed by atoms with van der Waals surface area (Å²) in [6.07, 6.45) is 3.12. The predicted molar refractivity (Wildman–Crippen MR) is 60.5 cm³/mol. The van der Waals surface area contributed by atoms with E-state index in [4.69, 9.17) is 0 Å². The molecule has 78 valence electrons. The largest absolute Gasteiger partial charge is 0.386 e. The van der Waals surface area contributed by atoms with Crippen LogP contribution in [0.4, 0.5) is 0 Å². The predicted octanol–water partition coefficient (Wildman–Crippen LogP) is 1.97. The summed E-state index contributed by atoms with van der Waals surface area (Å²) in [6, 6.07) is 3.77.